The molecule has 0 saturated heterocycles. The van der Waals surface area contributed by atoms with Crippen LogP contribution in [0, 0.1) is 6.92 Å². The molecular formula is C56H45BN2OS. The molecule has 0 radical (unpaired) electrons. The zero-order valence-electron chi connectivity index (χ0n) is 35.7. The minimum absolute atomic E-state index is 0.0614. The van der Waals surface area contributed by atoms with Gasteiger partial charge in [-0.15, -0.1) is 11.3 Å². The van der Waals surface area contributed by atoms with Gasteiger partial charge in [0.25, 0.3) is 0 Å². The molecule has 0 spiro atoms. The molecule has 5 heteroatoms. The Labute approximate surface area is 360 Å². The number of aromatic nitrogens is 1. The van der Waals surface area contributed by atoms with Gasteiger partial charge in [-0.05, 0) is 135 Å². The van der Waals surface area contributed by atoms with Gasteiger partial charge in [-0.2, -0.15) is 0 Å². The monoisotopic (exact) mass is 804 g/mol. The van der Waals surface area contributed by atoms with Crippen molar-refractivity contribution in [2.24, 2.45) is 0 Å². The molecule has 0 amide bonds. The maximum Gasteiger partial charge on any atom is 0.333 e. The summed E-state index contributed by atoms with van der Waals surface area (Å²) in [4.78, 5) is 2.71. The molecule has 4 aliphatic rings. The third-order valence-corrected chi connectivity index (χ3v) is 16.8. The summed E-state index contributed by atoms with van der Waals surface area (Å²) in [5.74, 6) is 0. The van der Waals surface area contributed by atoms with Crippen LogP contribution in [0.2, 0.25) is 0 Å². The summed E-state index contributed by atoms with van der Waals surface area (Å²) in [6.07, 6.45) is 2.36. The number of hydrogen-bond donors (Lipinski definition) is 0. The zero-order chi connectivity index (χ0) is 41.1. The number of fused-ring (bicyclic) bond motifs is 17. The highest BCUT2D eigenvalue weighted by Gasteiger charge is 2.49. The SMILES string of the molecule is Cc1cc2c(cc1N1c3cc4c(cc3B3c5c1cc1c(c5-c5cccc6c7oc8ccccc8c7n3c56)C(C)(C)c3ccccc3-1)sc1ccccc14)C(C)(C)CCC2(C)C. The van der Waals surface area contributed by atoms with Crippen molar-refractivity contribution in [3.63, 3.8) is 0 Å². The van der Waals surface area contributed by atoms with Gasteiger partial charge in [-0.1, -0.05) is 114 Å². The van der Waals surface area contributed by atoms with E-state index in [4.69, 9.17) is 4.42 Å². The Morgan fingerprint density at radius 1 is 0.574 bits per heavy atom. The molecule has 61 heavy (non-hydrogen) atoms. The fourth-order valence-electron chi connectivity index (χ4n) is 12.6. The van der Waals surface area contributed by atoms with Gasteiger partial charge in [-0.3, -0.25) is 0 Å². The van der Waals surface area contributed by atoms with Crippen LogP contribution < -0.4 is 15.8 Å². The molecule has 14 rings (SSSR count). The van der Waals surface area contributed by atoms with Gasteiger partial charge in [0.15, 0.2) is 5.58 Å². The smallest absolute Gasteiger partial charge is 0.333 e. The summed E-state index contributed by atoms with van der Waals surface area (Å²) in [5.41, 5.74) is 23.5. The number of anilines is 3. The van der Waals surface area contributed by atoms with Crippen LogP contribution >= 0.6 is 11.3 Å². The summed E-state index contributed by atoms with van der Waals surface area (Å²) in [6.45, 7) is 17.0. The first-order valence-electron chi connectivity index (χ1n) is 22.1. The number of furan rings is 1. The van der Waals surface area contributed by atoms with Gasteiger partial charge in [0.1, 0.15) is 5.58 Å². The average Bonchev–Trinajstić information content (AvgIpc) is 3.97. The van der Waals surface area contributed by atoms with Crippen LogP contribution in [0.5, 0.6) is 0 Å². The Hall–Kier alpha value is -6.04. The first-order valence-corrected chi connectivity index (χ1v) is 22.9. The zero-order valence-corrected chi connectivity index (χ0v) is 36.6. The lowest BCUT2D eigenvalue weighted by molar-refractivity contribution is 0.332. The van der Waals surface area contributed by atoms with Crippen LogP contribution in [0.15, 0.2) is 126 Å². The van der Waals surface area contributed by atoms with Crippen LogP contribution in [0.3, 0.4) is 0 Å². The van der Waals surface area contributed by atoms with Crippen LogP contribution in [0.25, 0.3) is 75.4 Å². The lowest BCUT2D eigenvalue weighted by atomic mass is 9.44. The second-order valence-electron chi connectivity index (χ2n) is 20.3. The second-order valence-corrected chi connectivity index (χ2v) is 21.4. The maximum atomic E-state index is 6.92. The number of aryl methyl sites for hydroxylation is 1. The fraction of sp³-hybridized carbons (Fsp3) is 0.214. The standard InChI is InChI=1S/C56H45BN2OS/c1-30-25-39-40(55(4,5)24-23-54(39,2)3)28-42(30)58-43-26-36-32-16-10-13-22-46(32)61-47(36)29-41(43)57-50-44(58)27-37-31-15-8-11-20-38(31)56(6,7)49(37)48(50)34-18-14-19-35-51(34)59(57)52-33-17-9-12-21-45(33)60-53(35)52/h8-22,25-29H,23-24H2,1-7H3. The highest BCUT2D eigenvalue weighted by Crippen LogP contribution is 2.58. The molecule has 0 bridgehead atoms. The van der Waals surface area contributed by atoms with Gasteiger partial charge >= 0.3 is 6.85 Å². The van der Waals surface area contributed by atoms with E-state index in [2.05, 4.69) is 179 Å². The van der Waals surface area contributed by atoms with Crippen LogP contribution in [0.1, 0.15) is 82.2 Å². The van der Waals surface area contributed by atoms with E-state index < -0.39 is 0 Å². The van der Waals surface area contributed by atoms with Crippen LogP contribution in [-0.2, 0) is 16.2 Å². The van der Waals surface area contributed by atoms with Gasteiger partial charge in [0.2, 0.25) is 0 Å². The normalized spacial score (nSPS) is 17.3. The molecule has 5 heterocycles. The van der Waals surface area contributed by atoms with Crippen molar-refractivity contribution in [2.45, 2.75) is 77.6 Å². The molecule has 2 aliphatic carbocycles. The van der Waals surface area contributed by atoms with Crippen LogP contribution in [0.4, 0.5) is 17.1 Å². The van der Waals surface area contributed by atoms with Crippen molar-refractivity contribution in [1.82, 2.24) is 4.48 Å². The largest absolute Gasteiger partial charge is 0.454 e. The Balaban J connectivity index is 1.21. The highest BCUT2D eigenvalue weighted by molar-refractivity contribution is 7.26. The topological polar surface area (TPSA) is 21.3 Å². The Morgan fingerprint density at radius 2 is 1.28 bits per heavy atom. The van der Waals surface area contributed by atoms with E-state index in [9.17, 15) is 0 Å². The van der Waals surface area contributed by atoms with E-state index in [0.29, 0.717) is 0 Å². The summed E-state index contributed by atoms with van der Waals surface area (Å²) < 4.78 is 12.3. The molecule has 3 nitrogen and oxygen atoms in total. The van der Waals surface area contributed by atoms with Crippen molar-refractivity contribution < 1.29 is 4.42 Å². The molecule has 10 aromatic rings. The number of hydrogen-bond acceptors (Lipinski definition) is 3. The van der Waals surface area contributed by atoms with E-state index in [1.807, 2.05) is 11.3 Å². The lowest BCUT2D eigenvalue weighted by Gasteiger charge is -2.45. The minimum atomic E-state index is -0.207. The van der Waals surface area contributed by atoms with E-state index in [1.165, 1.54) is 133 Å². The molecule has 294 valence electrons. The number of nitrogens with zero attached hydrogens (tertiary/aromatic N) is 2. The molecule has 7 aromatic carbocycles. The number of thiophene rings is 1. The molecule has 0 saturated carbocycles. The first-order chi connectivity index (χ1) is 29.4. The van der Waals surface area contributed by atoms with Gasteiger partial charge < -0.3 is 13.8 Å². The van der Waals surface area contributed by atoms with E-state index in [-0.39, 0.29) is 23.1 Å². The quantitative estimate of drug-likeness (QED) is 0.154. The Morgan fingerprint density at radius 3 is 2.11 bits per heavy atom. The van der Waals surface area contributed by atoms with Gasteiger partial charge in [0.05, 0.1) is 5.52 Å². The first kappa shape index (κ1) is 34.7. The van der Waals surface area contributed by atoms with Gasteiger partial charge in [-0.25, -0.2) is 0 Å². The lowest BCUT2D eigenvalue weighted by Crippen LogP contribution is -2.57. The average molecular weight is 805 g/mol. The van der Waals surface area contributed by atoms with E-state index in [0.717, 1.165) is 11.2 Å². The molecule has 0 atom stereocenters. The summed E-state index contributed by atoms with van der Waals surface area (Å²) in [6, 6.07) is 46.7. The maximum absolute atomic E-state index is 6.92. The van der Waals surface area contributed by atoms with Crippen molar-refractivity contribution in [2.75, 3.05) is 4.90 Å². The molecule has 2 aliphatic heterocycles. The van der Waals surface area contributed by atoms with E-state index in [1.54, 1.807) is 0 Å². The molecule has 0 fully saturated rings. The Kier molecular flexibility index (Phi) is 6.29. The summed E-state index contributed by atoms with van der Waals surface area (Å²) in [7, 11) is 0. The molecule has 3 aromatic heterocycles. The molecule has 0 unspecified atom stereocenters. The van der Waals surface area contributed by atoms with Crippen molar-refractivity contribution in [3.8, 4) is 22.3 Å². The Bertz CT molecular complexity index is 3670. The number of benzene rings is 7. The van der Waals surface area contributed by atoms with Crippen molar-refractivity contribution >= 4 is 99.3 Å². The molecule has 0 N–H and O–H groups in total. The predicted molar refractivity (Wildman–Crippen MR) is 260 cm³/mol. The summed E-state index contributed by atoms with van der Waals surface area (Å²) >= 11 is 1.92. The fourth-order valence-corrected chi connectivity index (χ4v) is 13.8. The van der Waals surface area contributed by atoms with Crippen molar-refractivity contribution in [1.29, 1.82) is 0 Å². The molecular weight excluding hydrogens is 760 g/mol. The van der Waals surface area contributed by atoms with E-state index >= 15 is 0 Å². The van der Waals surface area contributed by atoms with Crippen molar-refractivity contribution in [3.05, 3.63) is 149 Å². The minimum Gasteiger partial charge on any atom is -0.454 e. The summed E-state index contributed by atoms with van der Waals surface area (Å²) in [5, 5.41) is 5.00. The highest BCUT2D eigenvalue weighted by atomic mass is 32.1. The third-order valence-electron chi connectivity index (χ3n) is 15.7. The third kappa shape index (κ3) is 4.12. The van der Waals surface area contributed by atoms with Crippen LogP contribution in [-0.4, -0.2) is 11.3 Å². The second kappa shape index (κ2) is 11.1. The predicted octanol–water partition coefficient (Wildman–Crippen LogP) is 14.3. The number of para-hydroxylation sites is 2. The number of rotatable bonds is 1. The van der Waals surface area contributed by atoms with Gasteiger partial charge in [0, 0.05) is 64.5 Å².